The van der Waals surface area contributed by atoms with Crippen LogP contribution in [0.1, 0.15) is 45.4 Å². The fourth-order valence-corrected chi connectivity index (χ4v) is 3.25. The van der Waals surface area contributed by atoms with Crippen LogP contribution in [-0.4, -0.2) is 67.2 Å². The van der Waals surface area contributed by atoms with Gasteiger partial charge in [0.05, 0.1) is 20.1 Å². The van der Waals surface area contributed by atoms with E-state index in [1.54, 1.807) is 11.8 Å². The van der Waals surface area contributed by atoms with Crippen molar-refractivity contribution in [3.05, 3.63) is 0 Å². The van der Waals surface area contributed by atoms with Crippen LogP contribution in [0.5, 0.6) is 0 Å². The molecule has 0 radical (unpaired) electrons. The lowest BCUT2D eigenvalue weighted by Crippen LogP contribution is -2.51. The number of hydrogen-bond acceptors (Lipinski definition) is 5. The first-order valence-electron chi connectivity index (χ1n) is 8.85. The van der Waals surface area contributed by atoms with E-state index in [1.807, 2.05) is 4.90 Å². The highest BCUT2D eigenvalue weighted by Gasteiger charge is 2.35. The number of piperidine rings is 1. The molecular weight excluding hydrogens is 312 g/mol. The number of hydrogen-bond donors (Lipinski definition) is 0. The van der Waals surface area contributed by atoms with Crippen LogP contribution < -0.4 is 0 Å². The van der Waals surface area contributed by atoms with E-state index in [1.165, 1.54) is 7.11 Å². The third-order valence-corrected chi connectivity index (χ3v) is 4.95. The van der Waals surface area contributed by atoms with Gasteiger partial charge in [-0.3, -0.25) is 9.59 Å². The van der Waals surface area contributed by atoms with Crippen molar-refractivity contribution in [1.82, 2.24) is 9.80 Å². The van der Waals surface area contributed by atoms with Gasteiger partial charge < -0.3 is 19.3 Å². The molecule has 1 aliphatic carbocycles. The minimum absolute atomic E-state index is 0.0773. The minimum atomic E-state index is -0.301. The van der Waals surface area contributed by atoms with Crippen LogP contribution in [0.15, 0.2) is 0 Å². The largest absolute Gasteiger partial charge is 0.469 e. The lowest BCUT2D eigenvalue weighted by Gasteiger charge is -2.40. The van der Waals surface area contributed by atoms with Gasteiger partial charge in [-0.1, -0.05) is 6.42 Å². The summed E-state index contributed by atoms with van der Waals surface area (Å²) in [5, 5.41) is 0. The molecule has 1 heterocycles. The maximum absolute atomic E-state index is 12.7. The molecule has 7 heteroatoms. The van der Waals surface area contributed by atoms with Gasteiger partial charge in [0, 0.05) is 31.6 Å². The monoisotopic (exact) mass is 340 g/mol. The molecular formula is C17H28N2O5. The first-order valence-corrected chi connectivity index (χ1v) is 8.85. The molecule has 0 N–H and O–H groups in total. The Kier molecular flexibility index (Phi) is 6.87. The Bertz CT molecular complexity index is 456. The summed E-state index contributed by atoms with van der Waals surface area (Å²) in [6.45, 7) is 3.71. The molecule has 0 aromatic heterocycles. The van der Waals surface area contributed by atoms with Gasteiger partial charge in [-0.25, -0.2) is 4.79 Å². The molecule has 0 spiro atoms. The number of rotatable bonds is 6. The number of esters is 1. The second-order valence-corrected chi connectivity index (χ2v) is 6.40. The smallest absolute Gasteiger partial charge is 0.409 e. The number of nitrogens with zero attached hydrogens (tertiary/aromatic N) is 2. The molecule has 2 amide bonds. The van der Waals surface area contributed by atoms with Crippen molar-refractivity contribution in [2.75, 3.05) is 33.4 Å². The average Bonchev–Trinajstić information content (AvgIpc) is 2.54. The molecule has 2 fully saturated rings. The van der Waals surface area contributed by atoms with Gasteiger partial charge in [-0.05, 0) is 32.6 Å². The Hall–Kier alpha value is -1.79. The van der Waals surface area contributed by atoms with Crippen LogP contribution in [0, 0.1) is 5.92 Å². The Labute approximate surface area is 143 Å². The molecule has 136 valence electrons. The number of likely N-dealkylation sites (tertiary alicyclic amines) is 1. The van der Waals surface area contributed by atoms with E-state index in [0.29, 0.717) is 26.2 Å². The molecule has 2 rings (SSSR count). The van der Waals surface area contributed by atoms with Crippen LogP contribution in [0.25, 0.3) is 0 Å². The van der Waals surface area contributed by atoms with Gasteiger partial charge >= 0.3 is 12.1 Å². The summed E-state index contributed by atoms with van der Waals surface area (Å²) < 4.78 is 9.73. The number of carbonyl (C=O) groups is 3. The van der Waals surface area contributed by atoms with Gasteiger partial charge in [0.25, 0.3) is 0 Å². The number of methoxy groups -OCH3 is 1. The number of ether oxygens (including phenoxy) is 2. The van der Waals surface area contributed by atoms with Crippen LogP contribution in [0.3, 0.4) is 0 Å². The lowest BCUT2D eigenvalue weighted by molar-refractivity contribution is -0.145. The Balaban J connectivity index is 1.93. The summed E-state index contributed by atoms with van der Waals surface area (Å²) in [5.74, 6) is -0.0455. The molecule has 2 aliphatic rings. The van der Waals surface area contributed by atoms with Crippen molar-refractivity contribution < 1.29 is 23.9 Å². The molecule has 0 bridgehead atoms. The zero-order chi connectivity index (χ0) is 17.5. The van der Waals surface area contributed by atoms with E-state index in [0.717, 1.165) is 32.1 Å². The van der Waals surface area contributed by atoms with E-state index in [4.69, 9.17) is 9.47 Å². The van der Waals surface area contributed by atoms with E-state index in [-0.39, 0.29) is 36.4 Å². The van der Waals surface area contributed by atoms with E-state index in [9.17, 15) is 14.4 Å². The Morgan fingerprint density at radius 3 is 2.29 bits per heavy atom. The molecule has 24 heavy (non-hydrogen) atoms. The predicted molar refractivity (Wildman–Crippen MR) is 87.3 cm³/mol. The molecule has 1 saturated heterocycles. The normalized spacial score (nSPS) is 18.7. The van der Waals surface area contributed by atoms with Crippen LogP contribution in [0.4, 0.5) is 4.79 Å². The van der Waals surface area contributed by atoms with Gasteiger partial charge in [-0.15, -0.1) is 0 Å². The zero-order valence-corrected chi connectivity index (χ0v) is 14.7. The third kappa shape index (κ3) is 4.61. The number of carbonyl (C=O) groups excluding carboxylic acids is 3. The van der Waals surface area contributed by atoms with Gasteiger partial charge in [0.15, 0.2) is 0 Å². The van der Waals surface area contributed by atoms with Gasteiger partial charge in [0.2, 0.25) is 5.91 Å². The summed E-state index contributed by atoms with van der Waals surface area (Å²) in [6, 6.07) is 0.0773. The maximum Gasteiger partial charge on any atom is 0.409 e. The van der Waals surface area contributed by atoms with Gasteiger partial charge in [0.1, 0.15) is 0 Å². The summed E-state index contributed by atoms with van der Waals surface area (Å²) in [7, 11) is 1.36. The van der Waals surface area contributed by atoms with E-state index < -0.39 is 0 Å². The van der Waals surface area contributed by atoms with Crippen molar-refractivity contribution in [1.29, 1.82) is 0 Å². The Morgan fingerprint density at radius 1 is 1.12 bits per heavy atom. The fraction of sp³-hybridized carbons (Fsp3) is 0.824. The summed E-state index contributed by atoms with van der Waals surface area (Å²) in [4.78, 5) is 39.5. The summed E-state index contributed by atoms with van der Waals surface area (Å²) >= 11 is 0. The molecule has 1 aliphatic heterocycles. The molecule has 0 atom stereocenters. The fourth-order valence-electron chi connectivity index (χ4n) is 3.25. The quantitative estimate of drug-likeness (QED) is 0.689. The second kappa shape index (κ2) is 8.89. The molecule has 0 unspecified atom stereocenters. The summed E-state index contributed by atoms with van der Waals surface area (Å²) in [6.07, 6.45) is 4.35. The topological polar surface area (TPSA) is 76.2 Å². The second-order valence-electron chi connectivity index (χ2n) is 6.40. The first-order chi connectivity index (χ1) is 11.6. The highest BCUT2D eigenvalue weighted by molar-refractivity contribution is 5.80. The molecule has 0 aromatic carbocycles. The van der Waals surface area contributed by atoms with Crippen molar-refractivity contribution in [2.24, 2.45) is 5.92 Å². The highest BCUT2D eigenvalue weighted by atomic mass is 16.6. The maximum atomic E-state index is 12.7. The van der Waals surface area contributed by atoms with Crippen molar-refractivity contribution in [2.45, 2.75) is 51.5 Å². The van der Waals surface area contributed by atoms with Crippen molar-refractivity contribution in [3.8, 4) is 0 Å². The van der Waals surface area contributed by atoms with Crippen LogP contribution in [-0.2, 0) is 19.1 Å². The van der Waals surface area contributed by atoms with Crippen LogP contribution in [0.2, 0.25) is 0 Å². The SMILES string of the molecule is CCOC(=O)N1CCC(N(CCC(=O)OC)C(=O)C2CCC2)CC1. The Morgan fingerprint density at radius 2 is 1.79 bits per heavy atom. The molecule has 1 saturated carbocycles. The summed E-state index contributed by atoms with van der Waals surface area (Å²) in [5.41, 5.74) is 0. The van der Waals surface area contributed by atoms with Gasteiger partial charge in [-0.2, -0.15) is 0 Å². The lowest BCUT2D eigenvalue weighted by atomic mass is 9.83. The van der Waals surface area contributed by atoms with Crippen molar-refractivity contribution >= 4 is 18.0 Å². The minimum Gasteiger partial charge on any atom is -0.469 e. The molecule has 0 aromatic rings. The van der Waals surface area contributed by atoms with Crippen LogP contribution >= 0.6 is 0 Å². The van der Waals surface area contributed by atoms with E-state index >= 15 is 0 Å². The van der Waals surface area contributed by atoms with E-state index in [2.05, 4.69) is 0 Å². The third-order valence-electron chi connectivity index (χ3n) is 4.95. The average molecular weight is 340 g/mol. The molecule has 7 nitrogen and oxygen atoms in total. The highest BCUT2D eigenvalue weighted by Crippen LogP contribution is 2.30. The number of amides is 2. The standard InChI is InChI=1S/C17H28N2O5/c1-3-24-17(22)18-10-7-14(8-11-18)19(12-9-15(20)23-2)16(21)13-5-4-6-13/h13-14H,3-12H2,1-2H3. The first kappa shape index (κ1) is 18.5. The zero-order valence-electron chi connectivity index (χ0n) is 14.7. The van der Waals surface area contributed by atoms with Crippen molar-refractivity contribution in [3.63, 3.8) is 0 Å². The predicted octanol–water partition coefficient (Wildman–Crippen LogP) is 1.80.